The van der Waals surface area contributed by atoms with Gasteiger partial charge >= 0.3 is 0 Å². The molecule has 1 aromatic heterocycles. The fourth-order valence-electron chi connectivity index (χ4n) is 3.71. The lowest BCUT2D eigenvalue weighted by atomic mass is 10.2. The third-order valence-corrected chi connectivity index (χ3v) is 8.91. The molecule has 41 heavy (non-hydrogen) atoms. The number of hydrogen-bond acceptors (Lipinski definition) is 9. The second kappa shape index (κ2) is 12.2. The molecular weight excluding hydrogens is 570 g/mol. The molecule has 2 N–H and O–H groups in total. The third-order valence-electron chi connectivity index (χ3n) is 5.79. The predicted octanol–water partition coefficient (Wildman–Crippen LogP) is 3.44. The van der Waals surface area contributed by atoms with Crippen LogP contribution >= 0.6 is 0 Å². The fourth-order valence-corrected chi connectivity index (χ4v) is 6.09. The summed E-state index contributed by atoms with van der Waals surface area (Å²) in [6.45, 7) is 1.21. The zero-order valence-corrected chi connectivity index (χ0v) is 23.9. The van der Waals surface area contributed by atoms with Gasteiger partial charge in [0.05, 0.1) is 29.7 Å². The van der Waals surface area contributed by atoms with Crippen molar-refractivity contribution >= 4 is 43.3 Å². The van der Waals surface area contributed by atoms with E-state index < -0.39 is 32.5 Å². The highest BCUT2D eigenvalue weighted by Gasteiger charge is 2.30. The first-order chi connectivity index (χ1) is 19.5. The fraction of sp³-hybridized carbons (Fsp3) is 0.148. The highest BCUT2D eigenvalue weighted by Crippen LogP contribution is 2.35. The lowest BCUT2D eigenvalue weighted by molar-refractivity contribution is -0.114. The summed E-state index contributed by atoms with van der Waals surface area (Å²) in [6, 6.07) is 17.7. The smallest absolute Gasteiger partial charge is 0.264 e. The molecule has 0 spiro atoms. The van der Waals surface area contributed by atoms with Crippen molar-refractivity contribution in [3.05, 3.63) is 90.8 Å². The van der Waals surface area contributed by atoms with E-state index in [1.807, 2.05) is 6.92 Å². The van der Waals surface area contributed by atoms with Crippen LogP contribution in [0, 0.1) is 6.92 Å². The summed E-state index contributed by atoms with van der Waals surface area (Å²) < 4.78 is 66.7. The van der Waals surface area contributed by atoms with Gasteiger partial charge in [0, 0.05) is 24.1 Å². The molecule has 0 bridgehead atoms. The number of rotatable bonds is 11. The molecule has 214 valence electrons. The number of carbonyl (C=O) groups is 1. The Morgan fingerprint density at radius 3 is 2.10 bits per heavy atom. The molecule has 0 aliphatic rings. The van der Waals surface area contributed by atoms with Crippen LogP contribution in [-0.4, -0.2) is 53.5 Å². The molecule has 1 amide bonds. The van der Waals surface area contributed by atoms with Crippen LogP contribution in [0.3, 0.4) is 0 Å². The molecule has 14 heteroatoms. The highest BCUT2D eigenvalue weighted by molar-refractivity contribution is 7.93. The van der Waals surface area contributed by atoms with E-state index in [4.69, 9.17) is 9.47 Å². The SMILES string of the molecule is COc1ccc(OC)c(N(CC(=O)Nc2ccc(S(=O)(=O)Nc3ncccn3)cc2)S(=O)(=O)c2ccc(C)cc2)c1. The van der Waals surface area contributed by atoms with Gasteiger partial charge in [0.1, 0.15) is 18.0 Å². The largest absolute Gasteiger partial charge is 0.497 e. The Labute approximate surface area is 238 Å². The Hall–Kier alpha value is -4.69. The Morgan fingerprint density at radius 1 is 0.854 bits per heavy atom. The molecule has 1 heterocycles. The normalized spacial score (nSPS) is 11.4. The summed E-state index contributed by atoms with van der Waals surface area (Å²) in [5.74, 6) is -0.208. The number of amides is 1. The van der Waals surface area contributed by atoms with Crippen LogP contribution in [-0.2, 0) is 24.8 Å². The van der Waals surface area contributed by atoms with Crippen LogP contribution in [0.25, 0.3) is 0 Å². The Kier molecular flexibility index (Phi) is 8.74. The molecule has 0 saturated heterocycles. The number of aromatic nitrogens is 2. The molecule has 3 aromatic carbocycles. The van der Waals surface area contributed by atoms with Crippen molar-refractivity contribution in [3.63, 3.8) is 0 Å². The predicted molar refractivity (Wildman–Crippen MR) is 153 cm³/mol. The summed E-state index contributed by atoms with van der Waals surface area (Å²) in [5, 5.41) is 2.61. The van der Waals surface area contributed by atoms with Crippen molar-refractivity contribution in [2.24, 2.45) is 0 Å². The van der Waals surface area contributed by atoms with Gasteiger partial charge in [-0.1, -0.05) is 17.7 Å². The Balaban J connectivity index is 1.60. The van der Waals surface area contributed by atoms with E-state index in [2.05, 4.69) is 20.0 Å². The number of nitrogens with zero attached hydrogens (tertiary/aromatic N) is 3. The van der Waals surface area contributed by atoms with Gasteiger partial charge in [0.25, 0.3) is 20.0 Å². The lowest BCUT2D eigenvalue weighted by Gasteiger charge is -2.26. The number of hydrogen-bond donors (Lipinski definition) is 2. The molecule has 0 atom stereocenters. The number of sulfonamides is 2. The second-order valence-corrected chi connectivity index (χ2v) is 12.2. The first-order valence-corrected chi connectivity index (χ1v) is 15.0. The Morgan fingerprint density at radius 2 is 1.49 bits per heavy atom. The topological polar surface area (TPSA) is 157 Å². The maximum Gasteiger partial charge on any atom is 0.264 e. The quantitative estimate of drug-likeness (QED) is 0.264. The van der Waals surface area contributed by atoms with Crippen molar-refractivity contribution in [1.29, 1.82) is 0 Å². The first kappa shape index (κ1) is 29.3. The third kappa shape index (κ3) is 6.91. The minimum atomic E-state index is -4.23. The van der Waals surface area contributed by atoms with Crippen molar-refractivity contribution in [2.45, 2.75) is 16.7 Å². The van der Waals surface area contributed by atoms with E-state index >= 15 is 0 Å². The van der Waals surface area contributed by atoms with Crippen LogP contribution in [0.2, 0.25) is 0 Å². The van der Waals surface area contributed by atoms with Crippen molar-refractivity contribution in [1.82, 2.24) is 9.97 Å². The number of anilines is 3. The summed E-state index contributed by atoms with van der Waals surface area (Å²) in [6.07, 6.45) is 2.79. The van der Waals surface area contributed by atoms with Gasteiger partial charge in [-0.05, 0) is 61.5 Å². The molecular formula is C27H27N5O7S2. The van der Waals surface area contributed by atoms with Crippen molar-refractivity contribution < 1.29 is 31.1 Å². The van der Waals surface area contributed by atoms with Crippen LogP contribution in [0.1, 0.15) is 5.56 Å². The molecule has 0 saturated carbocycles. The monoisotopic (exact) mass is 597 g/mol. The van der Waals surface area contributed by atoms with E-state index in [0.29, 0.717) is 5.75 Å². The average Bonchev–Trinajstić information content (AvgIpc) is 2.96. The minimum absolute atomic E-state index is 0.0229. The summed E-state index contributed by atoms with van der Waals surface area (Å²) in [5.41, 5.74) is 1.21. The standard InChI is InChI=1S/C27H27N5O7S2/c1-19-5-10-23(11-6-19)41(36,37)32(24-17-21(38-2)9-14-25(24)39-3)18-26(33)30-20-7-12-22(13-8-20)40(34,35)31-27-28-15-4-16-29-27/h4-17H,18H2,1-3H3,(H,30,33)(H,28,29,31). The molecule has 0 radical (unpaired) electrons. The summed E-state index contributed by atoms with van der Waals surface area (Å²) >= 11 is 0. The van der Waals surface area contributed by atoms with Crippen molar-refractivity contribution in [2.75, 3.05) is 35.1 Å². The maximum atomic E-state index is 13.8. The van der Waals surface area contributed by atoms with Crippen molar-refractivity contribution in [3.8, 4) is 11.5 Å². The van der Waals surface area contributed by atoms with Gasteiger partial charge in [-0.3, -0.25) is 9.10 Å². The van der Waals surface area contributed by atoms with E-state index in [-0.39, 0.29) is 32.9 Å². The molecule has 12 nitrogen and oxygen atoms in total. The number of methoxy groups -OCH3 is 2. The average molecular weight is 598 g/mol. The van der Waals surface area contributed by atoms with E-state index in [0.717, 1.165) is 9.87 Å². The molecule has 0 unspecified atom stereocenters. The Bertz CT molecular complexity index is 1730. The van der Waals surface area contributed by atoms with E-state index in [1.54, 1.807) is 24.3 Å². The number of aryl methyl sites for hydroxylation is 1. The van der Waals surface area contributed by atoms with Crippen LogP contribution in [0.4, 0.5) is 17.3 Å². The van der Waals surface area contributed by atoms with Gasteiger partial charge in [0.2, 0.25) is 11.9 Å². The van der Waals surface area contributed by atoms with Gasteiger partial charge in [0.15, 0.2) is 0 Å². The van der Waals surface area contributed by atoms with Gasteiger partial charge < -0.3 is 14.8 Å². The van der Waals surface area contributed by atoms with Gasteiger partial charge in [-0.25, -0.2) is 31.5 Å². The molecule has 0 aliphatic carbocycles. The van der Waals surface area contributed by atoms with E-state index in [9.17, 15) is 21.6 Å². The molecule has 0 fully saturated rings. The lowest BCUT2D eigenvalue weighted by Crippen LogP contribution is -2.38. The van der Waals surface area contributed by atoms with Gasteiger partial charge in [-0.15, -0.1) is 0 Å². The number of carbonyl (C=O) groups excluding carboxylic acids is 1. The molecule has 4 aromatic rings. The summed E-state index contributed by atoms with van der Waals surface area (Å²) in [7, 11) is -5.40. The second-order valence-electron chi connectivity index (χ2n) is 8.61. The number of nitrogens with one attached hydrogen (secondary N) is 2. The maximum absolute atomic E-state index is 13.8. The number of ether oxygens (including phenoxy) is 2. The number of benzene rings is 3. The minimum Gasteiger partial charge on any atom is -0.497 e. The summed E-state index contributed by atoms with van der Waals surface area (Å²) in [4.78, 5) is 20.7. The highest BCUT2D eigenvalue weighted by atomic mass is 32.2. The van der Waals surface area contributed by atoms with Gasteiger partial charge in [-0.2, -0.15) is 0 Å². The van der Waals surface area contributed by atoms with Crippen LogP contribution in [0.15, 0.2) is 95.0 Å². The zero-order valence-electron chi connectivity index (χ0n) is 22.3. The molecule has 4 rings (SSSR count). The first-order valence-electron chi connectivity index (χ1n) is 12.0. The van der Waals surface area contributed by atoms with E-state index in [1.165, 1.54) is 75.1 Å². The zero-order chi connectivity index (χ0) is 29.6. The van der Waals surface area contributed by atoms with Crippen LogP contribution < -0.4 is 23.8 Å². The van der Waals surface area contributed by atoms with Crippen LogP contribution in [0.5, 0.6) is 11.5 Å². The molecule has 0 aliphatic heterocycles.